The number of para-hydroxylation sites is 1. The summed E-state index contributed by atoms with van der Waals surface area (Å²) < 4.78 is 10.8. The first-order valence-corrected chi connectivity index (χ1v) is 7.75. The fourth-order valence-corrected chi connectivity index (χ4v) is 3.63. The molecule has 0 aromatic heterocycles. The maximum Gasteiger partial charge on any atom is 0.224 e. The number of methoxy groups -OCH3 is 2. The SMILES string of the molecule is COc1cc2c(cc1OC)Sc1ccccc1N(C(C)=O)C2. The van der Waals surface area contributed by atoms with Gasteiger partial charge in [0.2, 0.25) is 5.91 Å². The molecule has 2 aromatic rings. The predicted octanol–water partition coefficient (Wildman–Crippen LogP) is 3.72. The number of hydrogen-bond donors (Lipinski definition) is 0. The second-order valence-electron chi connectivity index (χ2n) is 4.99. The van der Waals surface area contributed by atoms with E-state index in [9.17, 15) is 4.79 Å². The van der Waals surface area contributed by atoms with Crippen LogP contribution < -0.4 is 14.4 Å². The van der Waals surface area contributed by atoms with Crippen LogP contribution >= 0.6 is 11.8 Å². The molecule has 1 aliphatic rings. The van der Waals surface area contributed by atoms with E-state index in [0.29, 0.717) is 18.0 Å². The third-order valence-corrected chi connectivity index (χ3v) is 4.82. The van der Waals surface area contributed by atoms with Crippen LogP contribution in [0.5, 0.6) is 11.5 Å². The molecule has 0 unspecified atom stereocenters. The first kappa shape index (κ1) is 14.8. The van der Waals surface area contributed by atoms with Crippen LogP contribution in [0.2, 0.25) is 0 Å². The monoisotopic (exact) mass is 315 g/mol. The van der Waals surface area contributed by atoms with Crippen molar-refractivity contribution in [2.24, 2.45) is 0 Å². The Balaban J connectivity index is 2.16. The lowest BCUT2D eigenvalue weighted by Crippen LogP contribution is -2.27. The highest BCUT2D eigenvalue weighted by Crippen LogP contribution is 2.44. The highest BCUT2D eigenvalue weighted by Gasteiger charge is 2.24. The zero-order valence-corrected chi connectivity index (χ0v) is 13.6. The maximum absolute atomic E-state index is 12.1. The predicted molar refractivity (Wildman–Crippen MR) is 87.0 cm³/mol. The third kappa shape index (κ3) is 2.52. The van der Waals surface area contributed by atoms with Crippen molar-refractivity contribution in [3.63, 3.8) is 0 Å². The van der Waals surface area contributed by atoms with Crippen molar-refractivity contribution in [1.82, 2.24) is 0 Å². The summed E-state index contributed by atoms with van der Waals surface area (Å²) in [5.41, 5.74) is 1.99. The summed E-state index contributed by atoms with van der Waals surface area (Å²) >= 11 is 1.64. The summed E-state index contributed by atoms with van der Waals surface area (Å²) in [4.78, 5) is 16.0. The van der Waals surface area contributed by atoms with Crippen molar-refractivity contribution >= 4 is 23.4 Å². The van der Waals surface area contributed by atoms with Crippen LogP contribution in [0.4, 0.5) is 5.69 Å². The quantitative estimate of drug-likeness (QED) is 0.846. The molecule has 0 aliphatic carbocycles. The molecule has 1 amide bonds. The van der Waals surface area contributed by atoms with Crippen LogP contribution in [-0.4, -0.2) is 20.1 Å². The maximum atomic E-state index is 12.1. The minimum absolute atomic E-state index is 0.0238. The van der Waals surface area contributed by atoms with Crippen LogP contribution in [0.3, 0.4) is 0 Å². The van der Waals surface area contributed by atoms with E-state index < -0.39 is 0 Å². The number of anilines is 1. The Hall–Kier alpha value is -2.14. The number of nitrogens with zero attached hydrogens (tertiary/aromatic N) is 1. The van der Waals surface area contributed by atoms with Gasteiger partial charge in [0.1, 0.15) is 0 Å². The minimum Gasteiger partial charge on any atom is -0.493 e. The van der Waals surface area contributed by atoms with E-state index in [1.807, 2.05) is 36.4 Å². The van der Waals surface area contributed by atoms with Crippen molar-refractivity contribution in [3.05, 3.63) is 42.0 Å². The molecule has 0 spiro atoms. The number of hydrogen-bond acceptors (Lipinski definition) is 4. The minimum atomic E-state index is 0.0238. The Morgan fingerprint density at radius 3 is 2.45 bits per heavy atom. The lowest BCUT2D eigenvalue weighted by atomic mass is 10.1. The second-order valence-corrected chi connectivity index (χ2v) is 6.07. The third-order valence-electron chi connectivity index (χ3n) is 3.65. The molecule has 0 saturated heterocycles. The lowest BCUT2D eigenvalue weighted by Gasteiger charge is -2.21. The molecule has 0 fully saturated rings. The van der Waals surface area contributed by atoms with Gasteiger partial charge in [-0.15, -0.1) is 0 Å². The van der Waals surface area contributed by atoms with Gasteiger partial charge in [-0.2, -0.15) is 0 Å². The van der Waals surface area contributed by atoms with E-state index in [0.717, 1.165) is 21.0 Å². The molecular formula is C17H17NO3S. The van der Waals surface area contributed by atoms with E-state index in [1.165, 1.54) is 0 Å². The highest BCUT2D eigenvalue weighted by molar-refractivity contribution is 7.99. The highest BCUT2D eigenvalue weighted by atomic mass is 32.2. The summed E-state index contributed by atoms with van der Waals surface area (Å²) in [7, 11) is 3.24. The van der Waals surface area contributed by atoms with Crippen LogP contribution in [0.15, 0.2) is 46.2 Å². The van der Waals surface area contributed by atoms with Gasteiger partial charge in [0.15, 0.2) is 11.5 Å². The van der Waals surface area contributed by atoms with Crippen LogP contribution in [0.25, 0.3) is 0 Å². The molecule has 2 aromatic carbocycles. The van der Waals surface area contributed by atoms with Crippen LogP contribution in [0.1, 0.15) is 12.5 Å². The smallest absolute Gasteiger partial charge is 0.224 e. The van der Waals surface area contributed by atoms with Crippen LogP contribution in [0, 0.1) is 0 Å². The molecule has 114 valence electrons. The van der Waals surface area contributed by atoms with E-state index in [2.05, 4.69) is 0 Å². The second kappa shape index (κ2) is 5.93. The number of benzene rings is 2. The fraction of sp³-hybridized carbons (Fsp3) is 0.235. The van der Waals surface area contributed by atoms with Gasteiger partial charge in [-0.25, -0.2) is 0 Å². The Bertz CT molecular complexity index is 730. The van der Waals surface area contributed by atoms with Gasteiger partial charge in [0.05, 0.1) is 26.5 Å². The van der Waals surface area contributed by atoms with Gasteiger partial charge in [-0.05, 0) is 29.8 Å². The first-order valence-electron chi connectivity index (χ1n) is 6.94. The van der Waals surface area contributed by atoms with Crippen molar-refractivity contribution in [2.45, 2.75) is 23.3 Å². The van der Waals surface area contributed by atoms with E-state index >= 15 is 0 Å². The summed E-state index contributed by atoms with van der Waals surface area (Å²) in [6, 6.07) is 11.9. The Morgan fingerprint density at radius 2 is 1.77 bits per heavy atom. The van der Waals surface area contributed by atoms with Gasteiger partial charge < -0.3 is 14.4 Å². The summed E-state index contributed by atoms with van der Waals surface area (Å²) in [5, 5.41) is 0. The van der Waals surface area contributed by atoms with Gasteiger partial charge in [0, 0.05) is 16.7 Å². The molecule has 0 saturated carbocycles. The molecule has 0 bridgehead atoms. The number of ether oxygens (including phenoxy) is 2. The van der Waals surface area contributed by atoms with Crippen LogP contribution in [-0.2, 0) is 11.3 Å². The molecule has 5 heteroatoms. The zero-order chi connectivity index (χ0) is 15.7. The van der Waals surface area contributed by atoms with Crippen molar-refractivity contribution in [1.29, 1.82) is 0 Å². The summed E-state index contributed by atoms with van der Waals surface area (Å²) in [5.74, 6) is 1.40. The normalized spacial score (nSPS) is 13.0. The number of carbonyl (C=O) groups excluding carboxylic acids is 1. The molecule has 3 rings (SSSR count). The van der Waals surface area contributed by atoms with Gasteiger partial charge in [0.25, 0.3) is 0 Å². The number of fused-ring (bicyclic) bond motifs is 2. The number of carbonyl (C=O) groups is 1. The largest absolute Gasteiger partial charge is 0.493 e. The average molecular weight is 315 g/mol. The van der Waals surface area contributed by atoms with E-state index in [4.69, 9.17) is 9.47 Å². The molecule has 0 atom stereocenters. The molecule has 0 radical (unpaired) electrons. The van der Waals surface area contributed by atoms with E-state index in [1.54, 1.807) is 37.8 Å². The van der Waals surface area contributed by atoms with Gasteiger partial charge in [-0.1, -0.05) is 23.9 Å². The topological polar surface area (TPSA) is 38.8 Å². The van der Waals surface area contributed by atoms with Crippen molar-refractivity contribution in [3.8, 4) is 11.5 Å². The van der Waals surface area contributed by atoms with Crippen molar-refractivity contribution in [2.75, 3.05) is 19.1 Å². The van der Waals surface area contributed by atoms with Crippen molar-refractivity contribution < 1.29 is 14.3 Å². The molecular weight excluding hydrogens is 298 g/mol. The molecule has 1 aliphatic heterocycles. The lowest BCUT2D eigenvalue weighted by molar-refractivity contribution is -0.116. The molecule has 4 nitrogen and oxygen atoms in total. The Kier molecular flexibility index (Phi) is 3.98. The Labute approximate surface area is 134 Å². The van der Waals surface area contributed by atoms with Gasteiger partial charge in [-0.3, -0.25) is 4.79 Å². The first-order chi connectivity index (χ1) is 10.6. The summed E-state index contributed by atoms with van der Waals surface area (Å²) in [6.07, 6.45) is 0. The standard InChI is InChI=1S/C17H17NO3S/c1-11(19)18-10-12-8-14(20-2)15(21-3)9-17(12)22-16-7-5-4-6-13(16)18/h4-9H,10H2,1-3H3. The molecule has 22 heavy (non-hydrogen) atoms. The number of rotatable bonds is 2. The average Bonchev–Trinajstić information content (AvgIpc) is 2.69. The fourth-order valence-electron chi connectivity index (χ4n) is 2.54. The van der Waals surface area contributed by atoms with E-state index in [-0.39, 0.29) is 5.91 Å². The molecule has 1 heterocycles. The zero-order valence-electron chi connectivity index (χ0n) is 12.8. The molecule has 0 N–H and O–H groups in total. The summed E-state index contributed by atoms with van der Waals surface area (Å²) in [6.45, 7) is 2.11. The Morgan fingerprint density at radius 1 is 1.09 bits per heavy atom. The van der Waals surface area contributed by atoms with Gasteiger partial charge >= 0.3 is 0 Å². The number of amides is 1.